The maximum atomic E-state index is 13.2. The lowest BCUT2D eigenvalue weighted by Crippen LogP contribution is -2.30. The van der Waals surface area contributed by atoms with E-state index in [1.165, 1.54) is 5.56 Å². The topological polar surface area (TPSA) is 67.2 Å². The standard InChI is InChI=1S/C20H24N4O2S/c1-20(2)12-24(11-15(20)14-9-21-23(3)10-14)19(26)13-4-5-17-16(8-13)22-18(25)6-7-27-17/h4-5,8-10,15H,6-7,11-12H2,1-3H3,(H,22,25). The number of rotatable bonds is 2. The van der Waals surface area contributed by atoms with Crippen LogP contribution in [0.4, 0.5) is 5.69 Å². The van der Waals surface area contributed by atoms with Crippen molar-refractivity contribution in [3.05, 3.63) is 41.7 Å². The molecule has 1 fully saturated rings. The van der Waals surface area contributed by atoms with Crippen LogP contribution in [0, 0.1) is 5.41 Å². The van der Waals surface area contributed by atoms with Crippen LogP contribution in [0.5, 0.6) is 0 Å². The van der Waals surface area contributed by atoms with Crippen molar-refractivity contribution >= 4 is 29.3 Å². The van der Waals surface area contributed by atoms with E-state index in [1.54, 1.807) is 11.8 Å². The first kappa shape index (κ1) is 18.1. The highest BCUT2D eigenvalue weighted by Gasteiger charge is 2.42. The Morgan fingerprint density at radius 3 is 2.93 bits per heavy atom. The lowest BCUT2D eigenvalue weighted by atomic mass is 9.79. The molecule has 0 bridgehead atoms. The molecule has 1 atom stereocenters. The summed E-state index contributed by atoms with van der Waals surface area (Å²) in [6.07, 6.45) is 4.43. The van der Waals surface area contributed by atoms with Crippen molar-refractivity contribution in [3.63, 3.8) is 0 Å². The van der Waals surface area contributed by atoms with E-state index in [2.05, 4.69) is 24.3 Å². The quantitative estimate of drug-likeness (QED) is 0.864. The van der Waals surface area contributed by atoms with Crippen molar-refractivity contribution in [1.82, 2.24) is 14.7 Å². The van der Waals surface area contributed by atoms with E-state index in [0.29, 0.717) is 25.1 Å². The Balaban J connectivity index is 1.57. The zero-order valence-corrected chi connectivity index (χ0v) is 16.7. The van der Waals surface area contributed by atoms with Crippen molar-refractivity contribution in [2.75, 3.05) is 24.2 Å². The molecule has 7 heteroatoms. The Bertz CT molecular complexity index is 905. The van der Waals surface area contributed by atoms with E-state index >= 15 is 0 Å². The second-order valence-electron chi connectivity index (χ2n) is 8.03. The van der Waals surface area contributed by atoms with Crippen LogP contribution in [0.15, 0.2) is 35.5 Å². The SMILES string of the molecule is Cn1cc(C2CN(C(=O)c3ccc4c(c3)NC(=O)CCS4)CC2(C)C)cn1. The van der Waals surface area contributed by atoms with E-state index in [1.807, 2.05) is 47.2 Å². The fourth-order valence-electron chi connectivity index (χ4n) is 4.00. The van der Waals surface area contributed by atoms with Gasteiger partial charge in [0.25, 0.3) is 5.91 Å². The molecule has 27 heavy (non-hydrogen) atoms. The average molecular weight is 385 g/mol. The maximum absolute atomic E-state index is 13.2. The smallest absolute Gasteiger partial charge is 0.253 e. The van der Waals surface area contributed by atoms with Crippen LogP contribution in [0.1, 0.15) is 42.1 Å². The number of aryl methyl sites for hydroxylation is 1. The van der Waals surface area contributed by atoms with E-state index in [4.69, 9.17) is 0 Å². The van der Waals surface area contributed by atoms with Crippen LogP contribution >= 0.6 is 11.8 Å². The van der Waals surface area contributed by atoms with Gasteiger partial charge in [0.2, 0.25) is 5.91 Å². The molecule has 0 radical (unpaired) electrons. The van der Waals surface area contributed by atoms with Crippen LogP contribution in [0.25, 0.3) is 0 Å². The average Bonchev–Trinajstić information content (AvgIpc) is 3.11. The summed E-state index contributed by atoms with van der Waals surface area (Å²) in [4.78, 5) is 27.9. The van der Waals surface area contributed by atoms with Gasteiger partial charge in [-0.15, -0.1) is 11.8 Å². The normalized spacial score (nSPS) is 21.5. The Hall–Kier alpha value is -2.28. The molecule has 2 amide bonds. The minimum absolute atomic E-state index is 0.00444. The molecule has 1 aromatic heterocycles. The van der Waals surface area contributed by atoms with Crippen molar-refractivity contribution in [2.45, 2.75) is 31.1 Å². The van der Waals surface area contributed by atoms with Crippen molar-refractivity contribution < 1.29 is 9.59 Å². The van der Waals surface area contributed by atoms with Gasteiger partial charge in [0, 0.05) is 54.9 Å². The Labute approximate surface area is 163 Å². The van der Waals surface area contributed by atoms with Gasteiger partial charge in [-0.1, -0.05) is 13.8 Å². The van der Waals surface area contributed by atoms with Crippen molar-refractivity contribution in [2.24, 2.45) is 12.5 Å². The number of carbonyl (C=O) groups is 2. The molecule has 1 saturated heterocycles. The number of likely N-dealkylation sites (tertiary alicyclic amines) is 1. The molecule has 142 valence electrons. The molecule has 6 nitrogen and oxygen atoms in total. The second kappa shape index (κ2) is 6.71. The van der Waals surface area contributed by atoms with Crippen molar-refractivity contribution in [1.29, 1.82) is 0 Å². The molecule has 1 aromatic carbocycles. The van der Waals surface area contributed by atoms with Crippen LogP contribution in [-0.2, 0) is 11.8 Å². The number of aromatic nitrogens is 2. The molecule has 2 aliphatic heterocycles. The molecule has 1 N–H and O–H groups in total. The first-order valence-electron chi connectivity index (χ1n) is 9.18. The van der Waals surface area contributed by atoms with E-state index in [9.17, 15) is 9.59 Å². The highest BCUT2D eigenvalue weighted by molar-refractivity contribution is 7.99. The molecule has 0 spiro atoms. The first-order valence-corrected chi connectivity index (χ1v) is 10.2. The highest BCUT2D eigenvalue weighted by atomic mass is 32.2. The van der Waals surface area contributed by atoms with Crippen LogP contribution in [-0.4, -0.2) is 45.3 Å². The van der Waals surface area contributed by atoms with Gasteiger partial charge < -0.3 is 10.2 Å². The highest BCUT2D eigenvalue weighted by Crippen LogP contribution is 2.42. The predicted octanol–water partition coefficient (Wildman–Crippen LogP) is 3.12. The van der Waals surface area contributed by atoms with Gasteiger partial charge in [-0.25, -0.2) is 0 Å². The summed E-state index contributed by atoms with van der Waals surface area (Å²) in [5, 5.41) is 7.21. The van der Waals surface area contributed by atoms with Gasteiger partial charge in [0.15, 0.2) is 0 Å². The molecule has 1 unspecified atom stereocenters. The Morgan fingerprint density at radius 2 is 2.19 bits per heavy atom. The second-order valence-corrected chi connectivity index (χ2v) is 9.17. The fraction of sp³-hybridized carbons (Fsp3) is 0.450. The zero-order chi connectivity index (χ0) is 19.2. The van der Waals surface area contributed by atoms with Gasteiger partial charge in [-0.2, -0.15) is 5.10 Å². The molecule has 0 aliphatic carbocycles. The largest absolute Gasteiger partial charge is 0.337 e. The number of thioether (sulfide) groups is 1. The summed E-state index contributed by atoms with van der Waals surface area (Å²) in [5.74, 6) is 1.04. The zero-order valence-electron chi connectivity index (χ0n) is 15.9. The van der Waals surface area contributed by atoms with E-state index < -0.39 is 0 Å². The number of benzene rings is 1. The third kappa shape index (κ3) is 3.48. The van der Waals surface area contributed by atoms with Gasteiger partial charge in [-0.3, -0.25) is 14.3 Å². The summed E-state index contributed by atoms with van der Waals surface area (Å²) < 4.78 is 1.81. The third-order valence-corrected chi connectivity index (χ3v) is 6.52. The molecule has 3 heterocycles. The Morgan fingerprint density at radius 1 is 1.37 bits per heavy atom. The van der Waals surface area contributed by atoms with E-state index in [-0.39, 0.29) is 23.1 Å². The number of nitrogens with one attached hydrogen (secondary N) is 1. The molecular weight excluding hydrogens is 360 g/mol. The number of nitrogens with zero attached hydrogens (tertiary/aromatic N) is 3. The van der Waals surface area contributed by atoms with Gasteiger partial charge in [0.1, 0.15) is 0 Å². The van der Waals surface area contributed by atoms with Crippen LogP contribution in [0.3, 0.4) is 0 Å². The monoisotopic (exact) mass is 384 g/mol. The summed E-state index contributed by atoms with van der Waals surface area (Å²) in [6, 6.07) is 5.63. The number of hydrogen-bond donors (Lipinski definition) is 1. The summed E-state index contributed by atoms with van der Waals surface area (Å²) in [7, 11) is 1.91. The van der Waals surface area contributed by atoms with Crippen molar-refractivity contribution in [3.8, 4) is 0 Å². The first-order chi connectivity index (χ1) is 12.8. The Kier molecular flexibility index (Phi) is 4.50. The number of hydrogen-bond acceptors (Lipinski definition) is 4. The number of amides is 2. The maximum Gasteiger partial charge on any atom is 0.253 e. The molecular formula is C20H24N4O2S. The molecule has 2 aliphatic rings. The van der Waals surface area contributed by atoms with Crippen LogP contribution < -0.4 is 5.32 Å². The summed E-state index contributed by atoms with van der Waals surface area (Å²) in [5.41, 5.74) is 2.52. The summed E-state index contributed by atoms with van der Waals surface area (Å²) in [6.45, 7) is 5.77. The third-order valence-electron chi connectivity index (χ3n) is 5.45. The summed E-state index contributed by atoms with van der Waals surface area (Å²) >= 11 is 1.65. The van der Waals surface area contributed by atoms with Gasteiger partial charge >= 0.3 is 0 Å². The lowest BCUT2D eigenvalue weighted by molar-refractivity contribution is -0.115. The minimum Gasteiger partial charge on any atom is -0.337 e. The van der Waals surface area contributed by atoms with E-state index in [0.717, 1.165) is 16.3 Å². The number of anilines is 1. The fourth-order valence-corrected chi connectivity index (χ4v) is 4.94. The van der Waals surface area contributed by atoms with Gasteiger partial charge in [0.05, 0.1) is 11.9 Å². The number of carbonyl (C=O) groups excluding carboxylic acids is 2. The minimum atomic E-state index is -0.0194. The van der Waals surface area contributed by atoms with Gasteiger partial charge in [-0.05, 0) is 29.2 Å². The molecule has 4 rings (SSSR count). The molecule has 2 aromatic rings. The van der Waals surface area contributed by atoms with Crippen LogP contribution in [0.2, 0.25) is 0 Å². The predicted molar refractivity (Wildman–Crippen MR) is 106 cm³/mol. The number of fused-ring (bicyclic) bond motifs is 1. The molecule has 0 saturated carbocycles. The lowest BCUT2D eigenvalue weighted by Gasteiger charge is -2.24.